The molecule has 3 rings (SSSR count). The number of carbonyl (C=O) groups excluding carboxylic acids is 1. The van der Waals surface area contributed by atoms with E-state index in [-0.39, 0.29) is 0 Å². The van der Waals surface area contributed by atoms with E-state index >= 15 is 0 Å². The van der Waals surface area contributed by atoms with Gasteiger partial charge in [0.2, 0.25) is 0 Å². The molecular formula is C15H12N2O4. The van der Waals surface area contributed by atoms with E-state index in [0.717, 1.165) is 0 Å². The highest BCUT2D eigenvalue weighted by molar-refractivity contribution is 5.90. The predicted octanol–water partition coefficient (Wildman–Crippen LogP) is 2.04. The molecule has 1 aliphatic heterocycles. The Bertz CT molecular complexity index is 671. The molecule has 0 N–H and O–H groups in total. The summed E-state index contributed by atoms with van der Waals surface area (Å²) in [6.07, 6.45) is 3.00. The highest BCUT2D eigenvalue weighted by atomic mass is 16.7. The molecule has 1 aromatic carbocycles. The van der Waals surface area contributed by atoms with Gasteiger partial charge in [-0.2, -0.15) is 0 Å². The topological polar surface area (TPSA) is 70.0 Å². The van der Waals surface area contributed by atoms with Crippen LogP contribution in [0.15, 0.2) is 47.8 Å². The minimum atomic E-state index is -0.570. The zero-order valence-corrected chi connectivity index (χ0v) is 11.1. The molecule has 0 saturated carbocycles. The van der Waals surface area contributed by atoms with Crippen LogP contribution in [0.1, 0.15) is 16.1 Å². The number of fused-ring (bicyclic) bond motifs is 1. The number of ether oxygens (including phenoxy) is 2. The van der Waals surface area contributed by atoms with Gasteiger partial charge in [0.25, 0.3) is 0 Å². The molecule has 0 atom stereocenters. The van der Waals surface area contributed by atoms with E-state index in [2.05, 4.69) is 10.1 Å². The van der Waals surface area contributed by atoms with Gasteiger partial charge in [0.05, 0.1) is 17.5 Å². The summed E-state index contributed by atoms with van der Waals surface area (Å²) in [5.74, 6) is 0.582. The number of carbonyl (C=O) groups is 1. The van der Waals surface area contributed by atoms with Gasteiger partial charge in [-0.15, -0.1) is 0 Å². The van der Waals surface area contributed by atoms with Crippen molar-refractivity contribution in [1.82, 2.24) is 4.98 Å². The Labute approximate surface area is 121 Å². The minimum absolute atomic E-state index is 0.345. The highest BCUT2D eigenvalue weighted by Gasteiger charge is 2.15. The van der Waals surface area contributed by atoms with Crippen LogP contribution in [-0.4, -0.2) is 30.4 Å². The van der Waals surface area contributed by atoms with Gasteiger partial charge >= 0.3 is 5.97 Å². The van der Waals surface area contributed by atoms with Crippen LogP contribution in [0.2, 0.25) is 0 Å². The summed E-state index contributed by atoms with van der Waals surface area (Å²) >= 11 is 0. The zero-order chi connectivity index (χ0) is 14.5. The van der Waals surface area contributed by atoms with E-state index in [1.165, 1.54) is 6.21 Å². The van der Waals surface area contributed by atoms with E-state index < -0.39 is 5.97 Å². The minimum Gasteiger partial charge on any atom is -0.486 e. The lowest BCUT2D eigenvalue weighted by Crippen LogP contribution is -2.15. The molecule has 0 aliphatic carbocycles. The molecule has 0 bridgehead atoms. The van der Waals surface area contributed by atoms with Crippen LogP contribution in [0.3, 0.4) is 0 Å². The van der Waals surface area contributed by atoms with Gasteiger partial charge in [-0.3, -0.25) is 4.98 Å². The fourth-order valence-electron chi connectivity index (χ4n) is 1.80. The number of hydrogen-bond donors (Lipinski definition) is 0. The molecule has 6 heteroatoms. The van der Waals surface area contributed by atoms with Gasteiger partial charge in [0.15, 0.2) is 11.5 Å². The van der Waals surface area contributed by atoms with Gasteiger partial charge in [-0.25, -0.2) is 4.79 Å². The fourth-order valence-corrected chi connectivity index (χ4v) is 1.80. The van der Waals surface area contributed by atoms with Crippen molar-refractivity contribution >= 4 is 12.2 Å². The first-order valence-electron chi connectivity index (χ1n) is 6.38. The van der Waals surface area contributed by atoms with Crippen molar-refractivity contribution in [2.45, 2.75) is 0 Å². The van der Waals surface area contributed by atoms with Crippen molar-refractivity contribution in [3.63, 3.8) is 0 Å². The molecule has 106 valence electrons. The Hall–Kier alpha value is -2.89. The third-order valence-electron chi connectivity index (χ3n) is 2.79. The average Bonchev–Trinajstić information content (AvgIpc) is 2.55. The highest BCUT2D eigenvalue weighted by Crippen LogP contribution is 2.30. The molecule has 2 aromatic rings. The Kier molecular flexibility index (Phi) is 3.77. The fraction of sp³-hybridized carbons (Fsp3) is 0.133. The third kappa shape index (κ3) is 3.17. The summed E-state index contributed by atoms with van der Waals surface area (Å²) in [6.45, 7) is 0.967. The van der Waals surface area contributed by atoms with Crippen molar-refractivity contribution in [3.05, 3.63) is 53.9 Å². The summed E-state index contributed by atoms with van der Waals surface area (Å²) in [6, 6.07) is 10.2. The Morgan fingerprint density at radius 1 is 1.19 bits per heavy atom. The first kappa shape index (κ1) is 13.1. The second-order valence-electron chi connectivity index (χ2n) is 4.23. The molecule has 0 spiro atoms. The maximum atomic E-state index is 11.9. The van der Waals surface area contributed by atoms with Gasteiger partial charge < -0.3 is 14.3 Å². The van der Waals surface area contributed by atoms with E-state index in [4.69, 9.17) is 14.3 Å². The van der Waals surface area contributed by atoms with E-state index in [1.807, 2.05) is 6.07 Å². The molecule has 1 aromatic heterocycles. The van der Waals surface area contributed by atoms with Crippen molar-refractivity contribution in [2.75, 3.05) is 13.2 Å². The standard InChI is InChI=1S/C15H12N2O4/c18-15(21-17-10-12-3-1-2-6-16-12)11-4-5-13-14(9-11)20-8-7-19-13/h1-6,9-10H,7-8H2/b17-10+. The van der Waals surface area contributed by atoms with Gasteiger partial charge in [-0.05, 0) is 30.3 Å². The number of rotatable bonds is 3. The van der Waals surface area contributed by atoms with Crippen molar-refractivity contribution in [3.8, 4) is 11.5 Å². The molecule has 21 heavy (non-hydrogen) atoms. The summed E-state index contributed by atoms with van der Waals surface area (Å²) in [5.41, 5.74) is 0.949. The summed E-state index contributed by atoms with van der Waals surface area (Å²) in [4.78, 5) is 20.7. The molecule has 0 saturated heterocycles. The van der Waals surface area contributed by atoms with Crippen LogP contribution in [0, 0.1) is 0 Å². The Morgan fingerprint density at radius 2 is 2.05 bits per heavy atom. The molecule has 6 nitrogen and oxygen atoms in total. The smallest absolute Gasteiger partial charge is 0.365 e. The molecule has 2 heterocycles. The second kappa shape index (κ2) is 6.04. The first-order valence-corrected chi connectivity index (χ1v) is 6.38. The van der Waals surface area contributed by atoms with Crippen LogP contribution in [0.25, 0.3) is 0 Å². The monoisotopic (exact) mass is 284 g/mol. The van der Waals surface area contributed by atoms with Gasteiger partial charge in [-0.1, -0.05) is 11.2 Å². The number of oxime groups is 1. The lowest BCUT2D eigenvalue weighted by molar-refractivity contribution is 0.0518. The molecule has 1 aliphatic rings. The normalized spacial score (nSPS) is 13.1. The number of aromatic nitrogens is 1. The second-order valence-corrected chi connectivity index (χ2v) is 4.23. The largest absolute Gasteiger partial charge is 0.486 e. The van der Waals surface area contributed by atoms with E-state index in [1.54, 1.807) is 36.5 Å². The molecule has 0 fully saturated rings. The maximum absolute atomic E-state index is 11.9. The van der Waals surface area contributed by atoms with Crippen molar-refractivity contribution < 1.29 is 19.1 Å². The lowest BCUT2D eigenvalue weighted by Gasteiger charge is -2.18. The van der Waals surface area contributed by atoms with E-state index in [9.17, 15) is 4.79 Å². The average molecular weight is 284 g/mol. The molecule has 0 unspecified atom stereocenters. The first-order chi connectivity index (χ1) is 10.3. The zero-order valence-electron chi connectivity index (χ0n) is 11.1. The van der Waals surface area contributed by atoms with Crippen LogP contribution in [-0.2, 0) is 4.84 Å². The summed E-state index contributed by atoms with van der Waals surface area (Å²) < 4.78 is 10.8. The van der Waals surface area contributed by atoms with Crippen molar-refractivity contribution in [2.24, 2.45) is 5.16 Å². The van der Waals surface area contributed by atoms with Crippen LogP contribution >= 0.6 is 0 Å². The quantitative estimate of drug-likeness (QED) is 0.490. The summed E-state index contributed by atoms with van der Waals surface area (Å²) in [5, 5.41) is 3.62. The van der Waals surface area contributed by atoms with Crippen molar-refractivity contribution in [1.29, 1.82) is 0 Å². The van der Waals surface area contributed by atoms with Gasteiger partial charge in [0.1, 0.15) is 13.2 Å². The summed E-state index contributed by atoms with van der Waals surface area (Å²) in [7, 11) is 0. The van der Waals surface area contributed by atoms with Crippen LogP contribution in [0.5, 0.6) is 11.5 Å². The molecular weight excluding hydrogens is 272 g/mol. The Balaban J connectivity index is 1.67. The number of benzene rings is 1. The predicted molar refractivity (Wildman–Crippen MR) is 74.7 cm³/mol. The van der Waals surface area contributed by atoms with Gasteiger partial charge in [0, 0.05) is 6.20 Å². The maximum Gasteiger partial charge on any atom is 0.365 e. The number of hydrogen-bond acceptors (Lipinski definition) is 6. The molecule has 0 radical (unpaired) electrons. The third-order valence-corrected chi connectivity index (χ3v) is 2.79. The SMILES string of the molecule is O=C(O/N=C/c1ccccn1)c1ccc2c(c1)OCCO2. The number of pyridine rings is 1. The molecule has 0 amide bonds. The van der Waals surface area contributed by atoms with Crippen LogP contribution < -0.4 is 9.47 Å². The number of nitrogens with zero attached hydrogens (tertiary/aromatic N) is 2. The Morgan fingerprint density at radius 3 is 2.86 bits per heavy atom. The van der Waals surface area contributed by atoms with Crippen LogP contribution in [0.4, 0.5) is 0 Å². The lowest BCUT2D eigenvalue weighted by atomic mass is 10.2. The van der Waals surface area contributed by atoms with E-state index in [0.29, 0.717) is 36.0 Å².